The van der Waals surface area contributed by atoms with Gasteiger partial charge in [0.05, 0.1) is 35.2 Å². The minimum absolute atomic E-state index is 0.0428. The maximum Gasteiger partial charge on any atom is 0.299 e. The zero-order valence-electron chi connectivity index (χ0n) is 20.4. The summed E-state index contributed by atoms with van der Waals surface area (Å²) in [7, 11) is -3.93. The molecule has 0 spiro atoms. The van der Waals surface area contributed by atoms with Crippen molar-refractivity contribution in [1.29, 1.82) is 5.41 Å². The fourth-order valence-corrected chi connectivity index (χ4v) is 5.86. The number of nitrogens with one attached hydrogen (secondary N) is 2. The lowest BCUT2D eigenvalue weighted by Gasteiger charge is -2.36. The summed E-state index contributed by atoms with van der Waals surface area (Å²) >= 11 is -1.23. The van der Waals surface area contributed by atoms with Gasteiger partial charge in [-0.1, -0.05) is 30.3 Å². The van der Waals surface area contributed by atoms with E-state index in [1.807, 2.05) is 35.7 Å². The van der Waals surface area contributed by atoms with Crippen LogP contribution in [0.1, 0.15) is 6.92 Å². The van der Waals surface area contributed by atoms with E-state index in [0.29, 0.717) is 24.7 Å². The second-order valence-corrected chi connectivity index (χ2v) is 11.4. The average Bonchev–Trinajstić information content (AvgIpc) is 3.41. The molecule has 1 aromatic heterocycles. The standard InChI is InChI=1S/C23H27N5O4S2.H2O3S/c1-16(26-34(30,31)20-9-8-17-5-2-3-6-18(17)13-20)22(29)28(21-7-4-12-33-21)15-19-14-27(23(24)25)10-11-32-19;1-4(2)3/h2-9,12-13,16,19,26H,10-11,14-15H2,1H3,(H3,24,25);(H2,1,2,3)/t16?,19-;/m1./s1. The van der Waals surface area contributed by atoms with Gasteiger partial charge in [0.2, 0.25) is 15.9 Å². The van der Waals surface area contributed by atoms with Gasteiger partial charge >= 0.3 is 0 Å². The molecule has 2 aromatic carbocycles. The molecule has 12 nitrogen and oxygen atoms in total. The number of carbonyl (C=O) groups is 1. The number of sulfonamides is 1. The molecule has 206 valence electrons. The number of carbonyl (C=O) groups excluding carboxylic acids is 1. The molecule has 15 heteroatoms. The van der Waals surface area contributed by atoms with Gasteiger partial charge in [-0.25, -0.2) is 8.42 Å². The van der Waals surface area contributed by atoms with Gasteiger partial charge in [0.15, 0.2) is 5.96 Å². The summed E-state index contributed by atoms with van der Waals surface area (Å²) in [6.45, 7) is 3.03. The van der Waals surface area contributed by atoms with Crippen molar-refractivity contribution in [2.75, 3.05) is 31.1 Å². The first-order valence-electron chi connectivity index (χ1n) is 11.3. The maximum atomic E-state index is 13.4. The van der Waals surface area contributed by atoms with Crippen LogP contribution in [0.5, 0.6) is 0 Å². The van der Waals surface area contributed by atoms with Crippen molar-refractivity contribution in [2.24, 2.45) is 5.73 Å². The molecule has 6 N–H and O–H groups in total. The first kappa shape index (κ1) is 29.6. The first-order valence-corrected chi connectivity index (χ1v) is 14.8. The smallest absolute Gasteiger partial charge is 0.299 e. The minimum Gasteiger partial charge on any atom is -0.373 e. The van der Waals surface area contributed by atoms with Crippen LogP contribution in [-0.2, 0) is 30.9 Å². The van der Waals surface area contributed by atoms with Gasteiger partial charge in [-0.05, 0) is 47.3 Å². The quantitative estimate of drug-likeness (QED) is 0.157. The molecule has 4 rings (SSSR count). The third-order valence-electron chi connectivity index (χ3n) is 5.64. The van der Waals surface area contributed by atoms with Gasteiger partial charge in [0.25, 0.3) is 11.4 Å². The summed E-state index contributed by atoms with van der Waals surface area (Å²) in [6, 6.07) is 15.0. The van der Waals surface area contributed by atoms with Crippen molar-refractivity contribution in [3.63, 3.8) is 0 Å². The highest BCUT2D eigenvalue weighted by atomic mass is 32.2. The summed E-state index contributed by atoms with van der Waals surface area (Å²) in [5, 5.41) is 11.9. The molecule has 0 bridgehead atoms. The van der Waals surface area contributed by atoms with E-state index in [2.05, 4.69) is 4.72 Å². The second-order valence-electron chi connectivity index (χ2n) is 8.31. The molecule has 38 heavy (non-hydrogen) atoms. The van der Waals surface area contributed by atoms with E-state index in [0.717, 1.165) is 10.8 Å². The zero-order valence-corrected chi connectivity index (χ0v) is 22.8. The van der Waals surface area contributed by atoms with E-state index >= 15 is 0 Å². The summed E-state index contributed by atoms with van der Waals surface area (Å²) in [6.07, 6.45) is -0.368. The SMILES string of the molecule is CC(NS(=O)(=O)c1ccc2ccccc2c1)C(=O)N(C[C@H]1CN(C(=N)N)CCO1)c1cccs1.O=S(O)O. The Morgan fingerprint density at radius 3 is 2.58 bits per heavy atom. The van der Waals surface area contributed by atoms with Crippen molar-refractivity contribution in [3.05, 3.63) is 60.0 Å². The van der Waals surface area contributed by atoms with Crippen molar-refractivity contribution >= 4 is 60.4 Å². The predicted molar refractivity (Wildman–Crippen MR) is 147 cm³/mol. The molecular weight excluding hydrogens is 554 g/mol. The fraction of sp³-hybridized carbons (Fsp3) is 0.304. The lowest BCUT2D eigenvalue weighted by atomic mass is 10.1. The lowest BCUT2D eigenvalue weighted by molar-refractivity contribution is -0.120. The first-order chi connectivity index (χ1) is 18.0. The third-order valence-corrected chi connectivity index (χ3v) is 8.07. The molecule has 1 saturated heterocycles. The number of nitrogens with zero attached hydrogens (tertiary/aromatic N) is 2. The Balaban J connectivity index is 0.000000934. The number of hydrogen-bond donors (Lipinski definition) is 5. The monoisotopic (exact) mass is 583 g/mol. The van der Waals surface area contributed by atoms with Crippen molar-refractivity contribution < 1.29 is 31.3 Å². The number of benzene rings is 2. The van der Waals surface area contributed by atoms with Crippen LogP contribution >= 0.6 is 11.3 Å². The van der Waals surface area contributed by atoms with Crippen LogP contribution in [0.3, 0.4) is 0 Å². The summed E-state index contributed by atoms with van der Waals surface area (Å²) in [5.74, 6) is -0.436. The van der Waals surface area contributed by atoms with Crippen molar-refractivity contribution in [1.82, 2.24) is 9.62 Å². The predicted octanol–water partition coefficient (Wildman–Crippen LogP) is 1.88. The highest BCUT2D eigenvalue weighted by Gasteiger charge is 2.31. The molecule has 1 unspecified atom stereocenters. The molecule has 0 radical (unpaired) electrons. The van der Waals surface area contributed by atoms with Crippen LogP contribution < -0.4 is 15.4 Å². The number of fused-ring (bicyclic) bond motifs is 1. The molecule has 0 aliphatic carbocycles. The van der Waals surface area contributed by atoms with E-state index in [1.165, 1.54) is 29.2 Å². The number of rotatable bonds is 7. The Hall–Kier alpha value is -2.92. The minimum atomic E-state index is -3.93. The number of thiophene rings is 1. The van der Waals surface area contributed by atoms with Crippen LogP contribution in [0.15, 0.2) is 64.9 Å². The number of ether oxygens (including phenoxy) is 1. The van der Waals surface area contributed by atoms with E-state index in [-0.39, 0.29) is 23.5 Å². The number of morpholine rings is 1. The fourth-order valence-electron chi connectivity index (χ4n) is 3.88. The third kappa shape index (κ3) is 8.04. The molecule has 2 atom stereocenters. The van der Waals surface area contributed by atoms with Gasteiger partial charge in [0, 0.05) is 13.1 Å². The molecule has 3 aromatic rings. The number of hydrogen-bond acceptors (Lipinski definition) is 7. The van der Waals surface area contributed by atoms with Crippen LogP contribution in [0, 0.1) is 5.41 Å². The van der Waals surface area contributed by atoms with Crippen LogP contribution in [0.2, 0.25) is 0 Å². The summed E-state index contributed by atoms with van der Waals surface area (Å²) < 4.78 is 57.3. The Labute approximate surface area is 227 Å². The largest absolute Gasteiger partial charge is 0.373 e. The van der Waals surface area contributed by atoms with Gasteiger partial charge in [-0.2, -0.15) is 8.93 Å². The Bertz CT molecular complexity index is 1380. The maximum absolute atomic E-state index is 13.4. The molecule has 1 amide bonds. The number of guanidine groups is 1. The van der Waals surface area contributed by atoms with Crippen LogP contribution in [0.4, 0.5) is 5.00 Å². The van der Waals surface area contributed by atoms with E-state index < -0.39 is 33.3 Å². The average molecular weight is 584 g/mol. The highest BCUT2D eigenvalue weighted by molar-refractivity contribution is 7.89. The Morgan fingerprint density at radius 1 is 1.26 bits per heavy atom. The number of amides is 1. The van der Waals surface area contributed by atoms with Gasteiger partial charge in [-0.3, -0.25) is 24.2 Å². The topological polar surface area (TPSA) is 186 Å². The van der Waals surface area contributed by atoms with Crippen molar-refractivity contribution in [2.45, 2.75) is 24.0 Å². The zero-order chi connectivity index (χ0) is 27.9. The van der Waals surface area contributed by atoms with Crippen molar-refractivity contribution in [3.8, 4) is 0 Å². The Morgan fingerprint density at radius 2 is 1.95 bits per heavy atom. The van der Waals surface area contributed by atoms with Crippen LogP contribution in [0.25, 0.3) is 10.8 Å². The number of nitrogens with two attached hydrogens (primary N) is 1. The summed E-state index contributed by atoms with van der Waals surface area (Å²) in [5.41, 5.74) is 5.62. The molecule has 1 aliphatic rings. The Kier molecular flexibility index (Phi) is 10.3. The lowest BCUT2D eigenvalue weighted by Crippen LogP contribution is -2.54. The van der Waals surface area contributed by atoms with E-state index in [4.69, 9.17) is 29.2 Å². The summed E-state index contributed by atoms with van der Waals surface area (Å²) in [4.78, 5) is 16.7. The normalized spacial score (nSPS) is 16.5. The molecule has 2 heterocycles. The molecular formula is C23H29N5O7S3. The highest BCUT2D eigenvalue weighted by Crippen LogP contribution is 2.24. The van der Waals surface area contributed by atoms with Crippen LogP contribution in [-0.4, -0.2) is 76.9 Å². The van der Waals surface area contributed by atoms with E-state index in [1.54, 1.807) is 23.1 Å². The molecule has 0 saturated carbocycles. The van der Waals surface area contributed by atoms with Gasteiger partial charge < -0.3 is 15.4 Å². The van der Waals surface area contributed by atoms with E-state index in [9.17, 15) is 13.2 Å². The van der Waals surface area contributed by atoms with Gasteiger partial charge in [-0.15, -0.1) is 11.3 Å². The second kappa shape index (κ2) is 13.2. The molecule has 1 fully saturated rings. The molecule has 1 aliphatic heterocycles. The van der Waals surface area contributed by atoms with Gasteiger partial charge in [0.1, 0.15) is 0 Å². The number of anilines is 1.